The van der Waals surface area contributed by atoms with Crippen molar-refractivity contribution in [2.75, 3.05) is 0 Å². The van der Waals surface area contributed by atoms with Crippen molar-refractivity contribution in [2.45, 2.75) is 0 Å². The van der Waals surface area contributed by atoms with Crippen molar-refractivity contribution < 1.29 is 4.42 Å². The Labute approximate surface area is 466 Å². The molecule has 0 aliphatic heterocycles. The molecule has 12 aromatic carbocycles. The van der Waals surface area contributed by atoms with E-state index in [0.29, 0.717) is 17.5 Å². The van der Waals surface area contributed by atoms with E-state index in [2.05, 4.69) is 228 Å². The summed E-state index contributed by atoms with van der Waals surface area (Å²) in [5.41, 5.74) is 21.3. The standard InChI is InChI=1S/C75H47N5O/c1-4-16-47(17-5-1)48-28-30-49(31-29-48)55-44-56(46-57(45-55)75-78-73(53-18-6-2-7-19-53)77-74(79-75)54-20-8-3-9-21-54)50-32-34-51(35-33-50)59-22-10-11-23-60(59)52-36-38-58(39-37-52)80-67-27-15-13-24-61(67)62-41-43-68-70(71(62)80)64-40-42-66-69(72(64)81-68)63-25-12-14-26-65(63)76-66/h1-46,76H. The number of furan rings is 1. The molecule has 6 nitrogen and oxygen atoms in total. The van der Waals surface area contributed by atoms with Gasteiger partial charge in [0.1, 0.15) is 11.2 Å². The predicted molar refractivity (Wildman–Crippen MR) is 334 cm³/mol. The van der Waals surface area contributed by atoms with Crippen LogP contribution in [0.2, 0.25) is 0 Å². The van der Waals surface area contributed by atoms with Gasteiger partial charge in [-0.15, -0.1) is 0 Å². The third kappa shape index (κ3) is 7.91. The van der Waals surface area contributed by atoms with Gasteiger partial charge in [0.05, 0.1) is 27.3 Å². The molecular weight excluding hydrogens is 987 g/mol. The van der Waals surface area contributed by atoms with Crippen LogP contribution in [0.25, 0.3) is 161 Å². The van der Waals surface area contributed by atoms with Crippen molar-refractivity contribution in [3.05, 3.63) is 279 Å². The van der Waals surface area contributed by atoms with Crippen LogP contribution in [0.5, 0.6) is 0 Å². The summed E-state index contributed by atoms with van der Waals surface area (Å²) < 4.78 is 9.27. The summed E-state index contributed by atoms with van der Waals surface area (Å²) >= 11 is 0. The lowest BCUT2D eigenvalue weighted by Crippen LogP contribution is -2.00. The van der Waals surface area contributed by atoms with Gasteiger partial charge in [-0.05, 0) is 122 Å². The second kappa shape index (κ2) is 18.9. The van der Waals surface area contributed by atoms with Gasteiger partial charge in [-0.1, -0.05) is 212 Å². The molecule has 0 amide bonds. The Balaban J connectivity index is 0.781. The number of hydrogen-bond donors (Lipinski definition) is 1. The largest absolute Gasteiger partial charge is 0.455 e. The summed E-state index contributed by atoms with van der Waals surface area (Å²) in [5, 5.41) is 6.89. The molecular formula is C75H47N5O. The maximum atomic E-state index is 6.85. The fraction of sp³-hybridized carbons (Fsp3) is 0. The molecule has 0 unspecified atom stereocenters. The molecule has 16 aromatic rings. The molecule has 0 atom stereocenters. The molecule has 81 heavy (non-hydrogen) atoms. The fourth-order valence-electron chi connectivity index (χ4n) is 12.1. The topological polar surface area (TPSA) is 72.5 Å². The summed E-state index contributed by atoms with van der Waals surface area (Å²) in [6.07, 6.45) is 0. The first kappa shape index (κ1) is 46.2. The van der Waals surface area contributed by atoms with E-state index >= 15 is 0 Å². The molecule has 4 heterocycles. The molecule has 0 radical (unpaired) electrons. The molecule has 0 saturated heterocycles. The predicted octanol–water partition coefficient (Wildman–Crippen LogP) is 19.8. The van der Waals surface area contributed by atoms with E-state index in [1.165, 1.54) is 21.9 Å². The van der Waals surface area contributed by atoms with Crippen LogP contribution in [-0.2, 0) is 0 Å². The summed E-state index contributed by atoms with van der Waals surface area (Å²) in [4.78, 5) is 19.0. The molecule has 0 fully saturated rings. The van der Waals surface area contributed by atoms with E-state index in [1.54, 1.807) is 0 Å². The number of fused-ring (bicyclic) bond motifs is 11. The van der Waals surface area contributed by atoms with Crippen LogP contribution in [0.3, 0.4) is 0 Å². The molecule has 378 valence electrons. The average Bonchev–Trinajstić information content (AvgIpc) is 4.44. The minimum atomic E-state index is 0.608. The van der Waals surface area contributed by atoms with E-state index in [9.17, 15) is 0 Å². The summed E-state index contributed by atoms with van der Waals surface area (Å²) in [5.74, 6) is 1.86. The molecule has 1 N–H and O–H groups in total. The second-order valence-electron chi connectivity index (χ2n) is 20.8. The fourth-order valence-corrected chi connectivity index (χ4v) is 12.1. The SMILES string of the molecule is c1ccc(-c2ccc(-c3cc(-c4ccc(-c5ccccc5-c5ccc(-n6c7ccccc7c7ccc8oc9c(ccc%10[nH]c%11ccccc%11c%109)c8c76)cc5)cc4)cc(-c4nc(-c5ccccc5)nc(-c5ccccc5)n4)c3)cc2)cc1. The van der Waals surface area contributed by atoms with Gasteiger partial charge in [0.25, 0.3) is 0 Å². The third-order valence-corrected chi connectivity index (χ3v) is 16.0. The maximum absolute atomic E-state index is 6.85. The van der Waals surface area contributed by atoms with Gasteiger partial charge in [0, 0.05) is 49.4 Å². The highest BCUT2D eigenvalue weighted by Crippen LogP contribution is 2.45. The molecule has 16 rings (SSSR count). The van der Waals surface area contributed by atoms with E-state index in [4.69, 9.17) is 19.4 Å². The Hall–Kier alpha value is -11.0. The number of aromatic nitrogens is 5. The number of H-pyrrole nitrogens is 1. The Kier molecular flexibility index (Phi) is 10.8. The zero-order valence-electron chi connectivity index (χ0n) is 43.8. The lowest BCUT2D eigenvalue weighted by Gasteiger charge is -2.14. The van der Waals surface area contributed by atoms with Gasteiger partial charge in [-0.3, -0.25) is 0 Å². The van der Waals surface area contributed by atoms with Gasteiger partial charge in [0.15, 0.2) is 17.5 Å². The van der Waals surface area contributed by atoms with E-state index in [0.717, 1.165) is 122 Å². The van der Waals surface area contributed by atoms with Crippen molar-refractivity contribution in [1.29, 1.82) is 0 Å². The minimum Gasteiger partial charge on any atom is -0.455 e. The molecule has 0 aliphatic rings. The minimum absolute atomic E-state index is 0.608. The van der Waals surface area contributed by atoms with Gasteiger partial charge in [-0.2, -0.15) is 0 Å². The number of aromatic amines is 1. The molecule has 0 spiro atoms. The first-order valence-corrected chi connectivity index (χ1v) is 27.4. The van der Waals surface area contributed by atoms with E-state index < -0.39 is 0 Å². The lowest BCUT2D eigenvalue weighted by molar-refractivity contribution is 0.673. The number of hydrogen-bond acceptors (Lipinski definition) is 4. The van der Waals surface area contributed by atoms with Crippen molar-refractivity contribution >= 4 is 65.6 Å². The number of benzene rings is 12. The Morgan fingerprint density at radius 2 is 0.753 bits per heavy atom. The molecule has 6 heteroatoms. The monoisotopic (exact) mass is 1030 g/mol. The van der Waals surface area contributed by atoms with Gasteiger partial charge >= 0.3 is 0 Å². The third-order valence-electron chi connectivity index (χ3n) is 16.0. The number of rotatable bonds is 9. The van der Waals surface area contributed by atoms with Crippen LogP contribution in [0, 0.1) is 0 Å². The quantitative estimate of drug-likeness (QED) is 0.156. The summed E-state index contributed by atoms with van der Waals surface area (Å²) in [6, 6.07) is 99.0. The summed E-state index contributed by atoms with van der Waals surface area (Å²) in [6.45, 7) is 0. The molecule has 0 saturated carbocycles. The van der Waals surface area contributed by atoms with Crippen LogP contribution in [0.15, 0.2) is 283 Å². The first-order valence-electron chi connectivity index (χ1n) is 27.4. The summed E-state index contributed by atoms with van der Waals surface area (Å²) in [7, 11) is 0. The van der Waals surface area contributed by atoms with Crippen molar-refractivity contribution in [3.63, 3.8) is 0 Å². The van der Waals surface area contributed by atoms with Gasteiger partial charge < -0.3 is 14.0 Å². The average molecular weight is 1030 g/mol. The van der Waals surface area contributed by atoms with Gasteiger partial charge in [-0.25, -0.2) is 15.0 Å². The molecule has 0 bridgehead atoms. The van der Waals surface area contributed by atoms with Crippen LogP contribution < -0.4 is 0 Å². The van der Waals surface area contributed by atoms with Crippen LogP contribution >= 0.6 is 0 Å². The Morgan fingerprint density at radius 1 is 0.296 bits per heavy atom. The van der Waals surface area contributed by atoms with Crippen LogP contribution in [-0.4, -0.2) is 24.5 Å². The van der Waals surface area contributed by atoms with Crippen LogP contribution in [0.1, 0.15) is 0 Å². The first-order chi connectivity index (χ1) is 40.1. The second-order valence-corrected chi connectivity index (χ2v) is 20.8. The number of para-hydroxylation sites is 2. The number of nitrogens with zero attached hydrogens (tertiary/aromatic N) is 4. The normalized spacial score (nSPS) is 11.7. The Morgan fingerprint density at radius 3 is 1.37 bits per heavy atom. The molecule has 0 aliphatic carbocycles. The van der Waals surface area contributed by atoms with Crippen molar-refractivity contribution in [3.8, 4) is 95.5 Å². The van der Waals surface area contributed by atoms with Crippen molar-refractivity contribution in [1.82, 2.24) is 24.5 Å². The van der Waals surface area contributed by atoms with E-state index in [1.807, 2.05) is 60.7 Å². The zero-order chi connectivity index (χ0) is 53.4. The number of nitrogens with one attached hydrogen (secondary N) is 1. The highest BCUT2D eigenvalue weighted by molar-refractivity contribution is 6.29. The zero-order valence-corrected chi connectivity index (χ0v) is 43.8. The highest BCUT2D eigenvalue weighted by atomic mass is 16.3. The molecule has 4 aromatic heterocycles. The van der Waals surface area contributed by atoms with Crippen molar-refractivity contribution in [2.24, 2.45) is 0 Å². The smallest absolute Gasteiger partial charge is 0.164 e. The Bertz CT molecular complexity index is 5000. The van der Waals surface area contributed by atoms with Gasteiger partial charge in [0.2, 0.25) is 0 Å². The van der Waals surface area contributed by atoms with E-state index in [-0.39, 0.29) is 0 Å². The highest BCUT2D eigenvalue weighted by Gasteiger charge is 2.22. The maximum Gasteiger partial charge on any atom is 0.164 e. The lowest BCUT2D eigenvalue weighted by atomic mass is 9.92. The van der Waals surface area contributed by atoms with Crippen LogP contribution in [0.4, 0.5) is 0 Å².